The molecule has 0 spiro atoms. The molecule has 1 aromatic carbocycles. The Kier molecular flexibility index (Phi) is 8.64. The summed E-state index contributed by atoms with van der Waals surface area (Å²) in [5.74, 6) is -0.0480. The molecule has 3 aromatic rings. The lowest BCUT2D eigenvalue weighted by Gasteiger charge is -2.30. The molecule has 3 heterocycles. The number of hydrogen-bond acceptors (Lipinski definition) is 6. The van der Waals surface area contributed by atoms with Crippen LogP contribution in [-0.4, -0.2) is 55.5 Å². The molecule has 1 saturated heterocycles. The molecule has 1 N–H and O–H groups in total. The van der Waals surface area contributed by atoms with E-state index in [1.54, 1.807) is 12.2 Å². The van der Waals surface area contributed by atoms with E-state index in [4.69, 9.17) is 16.1 Å². The lowest BCUT2D eigenvalue weighted by Crippen LogP contribution is -2.37. The molecule has 4 rings (SSSR count). The van der Waals surface area contributed by atoms with Gasteiger partial charge in [0.1, 0.15) is 0 Å². The zero-order valence-electron chi connectivity index (χ0n) is 22.2. The van der Waals surface area contributed by atoms with Crippen molar-refractivity contribution in [3.8, 4) is 23.0 Å². The van der Waals surface area contributed by atoms with Crippen LogP contribution >= 0.6 is 11.6 Å². The molecule has 0 radical (unpaired) electrons. The lowest BCUT2D eigenvalue weighted by atomic mass is 9.94. The summed E-state index contributed by atoms with van der Waals surface area (Å²) in [5.41, 5.74) is 6.61. The van der Waals surface area contributed by atoms with E-state index in [9.17, 15) is 9.90 Å². The summed E-state index contributed by atoms with van der Waals surface area (Å²) < 4.78 is 7.41. The average molecular weight is 536 g/mol. The van der Waals surface area contributed by atoms with Crippen LogP contribution in [0.25, 0.3) is 28.5 Å². The molecular formula is C29H34ClN5O3. The van der Waals surface area contributed by atoms with E-state index in [-0.39, 0.29) is 5.92 Å². The fraction of sp³-hybridized carbons (Fsp3) is 0.379. The van der Waals surface area contributed by atoms with E-state index in [0.29, 0.717) is 29.0 Å². The van der Waals surface area contributed by atoms with Gasteiger partial charge in [-0.3, -0.25) is 9.48 Å². The van der Waals surface area contributed by atoms with Gasteiger partial charge >= 0.3 is 5.97 Å². The number of carboxylic acids is 1. The number of likely N-dealkylation sites (tertiary alicyclic amines) is 1. The number of aromatic nitrogens is 4. The first-order valence-electron chi connectivity index (χ1n) is 12.9. The maximum Gasteiger partial charge on any atom is 0.306 e. The Labute approximate surface area is 228 Å². The van der Waals surface area contributed by atoms with E-state index in [1.165, 1.54) is 16.7 Å². The van der Waals surface area contributed by atoms with Crippen molar-refractivity contribution in [1.29, 1.82) is 0 Å². The van der Waals surface area contributed by atoms with Crippen LogP contribution in [0.15, 0.2) is 53.1 Å². The largest absolute Gasteiger partial charge is 0.481 e. The zero-order valence-corrected chi connectivity index (χ0v) is 23.0. The molecule has 0 atom stereocenters. The van der Waals surface area contributed by atoms with Crippen LogP contribution in [0.5, 0.6) is 0 Å². The number of aryl methyl sites for hydroxylation is 3. The fourth-order valence-electron chi connectivity index (χ4n) is 5.05. The van der Waals surface area contributed by atoms with E-state index in [0.717, 1.165) is 55.7 Å². The van der Waals surface area contributed by atoms with Crippen LogP contribution in [0.4, 0.5) is 0 Å². The first-order valence-corrected chi connectivity index (χ1v) is 13.2. The van der Waals surface area contributed by atoms with Crippen LogP contribution in [0.2, 0.25) is 0 Å². The number of aliphatic carboxylic acids is 1. The highest BCUT2D eigenvalue weighted by Gasteiger charge is 2.24. The van der Waals surface area contributed by atoms with Crippen LogP contribution < -0.4 is 0 Å². The molecule has 200 valence electrons. The first-order chi connectivity index (χ1) is 18.2. The summed E-state index contributed by atoms with van der Waals surface area (Å²) in [6, 6.07) is 6.04. The van der Waals surface area contributed by atoms with Gasteiger partial charge in [0.15, 0.2) is 5.69 Å². The van der Waals surface area contributed by atoms with Crippen LogP contribution in [0.3, 0.4) is 0 Å². The predicted molar refractivity (Wildman–Crippen MR) is 150 cm³/mol. The van der Waals surface area contributed by atoms with Gasteiger partial charge in [-0.25, -0.2) is 0 Å². The summed E-state index contributed by atoms with van der Waals surface area (Å²) in [6.07, 6.45) is 5.81. The molecule has 0 bridgehead atoms. The van der Waals surface area contributed by atoms with E-state index < -0.39 is 5.97 Å². The van der Waals surface area contributed by atoms with Crippen molar-refractivity contribution in [2.45, 2.75) is 46.6 Å². The lowest BCUT2D eigenvalue weighted by molar-refractivity contribution is -0.143. The maximum absolute atomic E-state index is 11.2. The molecule has 9 heteroatoms. The summed E-state index contributed by atoms with van der Waals surface area (Å²) in [4.78, 5) is 18.2. The second-order valence-electron chi connectivity index (χ2n) is 9.67. The second-order valence-corrected chi connectivity index (χ2v) is 10.1. The summed E-state index contributed by atoms with van der Waals surface area (Å²) in [6.45, 7) is 17.0. The Morgan fingerprint density at radius 1 is 1.24 bits per heavy atom. The smallest absolute Gasteiger partial charge is 0.306 e. The van der Waals surface area contributed by atoms with E-state index in [2.05, 4.69) is 59.3 Å². The number of hydrogen-bond donors (Lipinski definition) is 1. The van der Waals surface area contributed by atoms with Gasteiger partial charge in [0.05, 0.1) is 11.6 Å². The SMILES string of the molecule is C=CC=C(C(=C)Cl)c1cc(-c2nc(-c3cc(C)c(CCN4CCC(C(=O)O)CC4)c(C)c3)no2)nn1CC. The van der Waals surface area contributed by atoms with Crippen molar-refractivity contribution in [3.05, 3.63) is 70.9 Å². The molecule has 38 heavy (non-hydrogen) atoms. The van der Waals surface area contributed by atoms with Gasteiger partial charge in [-0.05, 0) is 88.0 Å². The number of benzene rings is 1. The molecular weight excluding hydrogens is 502 g/mol. The second kappa shape index (κ2) is 11.9. The van der Waals surface area contributed by atoms with Crippen LogP contribution in [0, 0.1) is 19.8 Å². The third kappa shape index (κ3) is 5.97. The maximum atomic E-state index is 11.2. The molecule has 0 saturated carbocycles. The quantitative estimate of drug-likeness (QED) is 0.323. The number of nitrogens with zero attached hydrogens (tertiary/aromatic N) is 5. The Morgan fingerprint density at radius 3 is 2.50 bits per heavy atom. The Hall–Kier alpha value is -3.49. The van der Waals surface area contributed by atoms with Gasteiger partial charge in [0, 0.05) is 29.3 Å². The van der Waals surface area contributed by atoms with Crippen molar-refractivity contribution in [3.63, 3.8) is 0 Å². The fourth-order valence-corrected chi connectivity index (χ4v) is 5.21. The Balaban J connectivity index is 1.51. The predicted octanol–water partition coefficient (Wildman–Crippen LogP) is 5.90. The summed E-state index contributed by atoms with van der Waals surface area (Å²) in [5, 5.41) is 18.5. The monoisotopic (exact) mass is 535 g/mol. The third-order valence-corrected chi connectivity index (χ3v) is 7.35. The topological polar surface area (TPSA) is 97.3 Å². The minimum absolute atomic E-state index is 0.207. The van der Waals surface area contributed by atoms with Gasteiger partial charge in [0.25, 0.3) is 5.89 Å². The number of carbonyl (C=O) groups is 1. The molecule has 1 aliphatic rings. The molecule has 1 aliphatic heterocycles. The number of allylic oxidation sites excluding steroid dienone is 4. The highest BCUT2D eigenvalue weighted by molar-refractivity contribution is 6.36. The standard InChI is InChI=1S/C29H34ClN5O3/c1-6-8-24(20(5)30)26-17-25(32-35(26)7-2)28-31-27(33-38-28)22-15-18(3)23(19(4)16-22)11-14-34-12-9-21(10-13-34)29(36)37/h6,8,15-17,21H,1,5,7,9-14H2,2-4H3,(H,36,37). The van der Waals surface area contributed by atoms with Crippen LogP contribution in [-0.2, 0) is 17.8 Å². The minimum atomic E-state index is -0.675. The molecule has 2 aromatic heterocycles. The molecule has 0 amide bonds. The number of rotatable bonds is 10. The first kappa shape index (κ1) is 27.5. The van der Waals surface area contributed by atoms with Crippen LogP contribution in [0.1, 0.15) is 42.1 Å². The third-order valence-electron chi connectivity index (χ3n) is 7.15. The highest BCUT2D eigenvalue weighted by atomic mass is 35.5. The van der Waals surface area contributed by atoms with Crippen molar-refractivity contribution < 1.29 is 14.4 Å². The van der Waals surface area contributed by atoms with Crippen molar-refractivity contribution in [1.82, 2.24) is 24.8 Å². The normalized spacial score (nSPS) is 15.1. The minimum Gasteiger partial charge on any atom is -0.481 e. The number of carboxylic acid groups (broad SMARTS) is 1. The van der Waals surface area contributed by atoms with Gasteiger partial charge in [-0.1, -0.05) is 42.1 Å². The Bertz CT molecular complexity index is 1360. The Morgan fingerprint density at radius 2 is 1.92 bits per heavy atom. The molecule has 0 aliphatic carbocycles. The van der Waals surface area contributed by atoms with E-state index >= 15 is 0 Å². The summed E-state index contributed by atoms with van der Waals surface area (Å²) in [7, 11) is 0. The van der Waals surface area contributed by atoms with Crippen molar-refractivity contribution in [2.75, 3.05) is 19.6 Å². The van der Waals surface area contributed by atoms with Gasteiger partial charge in [-0.15, -0.1) is 0 Å². The van der Waals surface area contributed by atoms with Crippen molar-refractivity contribution in [2.24, 2.45) is 5.92 Å². The number of piperidine rings is 1. The zero-order chi connectivity index (χ0) is 27.4. The molecule has 8 nitrogen and oxygen atoms in total. The number of halogens is 1. The van der Waals surface area contributed by atoms with Crippen molar-refractivity contribution >= 4 is 23.1 Å². The van der Waals surface area contributed by atoms with E-state index in [1.807, 2.05) is 17.7 Å². The molecule has 1 fully saturated rings. The van der Waals surface area contributed by atoms with Gasteiger partial charge in [-0.2, -0.15) is 10.1 Å². The average Bonchev–Trinajstić information content (AvgIpc) is 3.54. The van der Waals surface area contributed by atoms with Gasteiger partial charge in [0.2, 0.25) is 5.82 Å². The highest BCUT2D eigenvalue weighted by Crippen LogP contribution is 2.30. The van der Waals surface area contributed by atoms with Gasteiger partial charge < -0.3 is 14.5 Å². The molecule has 0 unspecified atom stereocenters. The summed E-state index contributed by atoms with van der Waals surface area (Å²) >= 11 is 6.22.